The lowest BCUT2D eigenvalue weighted by Crippen LogP contribution is -2.52. The topological polar surface area (TPSA) is 44.4 Å². The lowest BCUT2D eigenvalue weighted by atomic mass is 10.0. The predicted octanol–water partition coefficient (Wildman–Crippen LogP) is 0.987. The van der Waals surface area contributed by atoms with E-state index < -0.39 is 0 Å². The van der Waals surface area contributed by atoms with Gasteiger partial charge in [0.25, 0.3) is 0 Å². The molecule has 4 nitrogen and oxygen atoms in total. The molecule has 2 aliphatic rings. The first-order valence-electron chi connectivity index (χ1n) is 7.59. The Hall–Kier alpha value is -1.39. The third-order valence-corrected chi connectivity index (χ3v) is 4.39. The molecule has 2 fully saturated rings. The molecule has 2 heterocycles. The maximum absolute atomic E-state index is 11.9. The third-order valence-electron chi connectivity index (χ3n) is 4.39. The van der Waals surface area contributed by atoms with Crippen molar-refractivity contribution < 1.29 is 4.79 Å². The molecule has 2 N–H and O–H groups in total. The third kappa shape index (κ3) is 3.19. The number of carbonyl (C=O) groups is 1. The Morgan fingerprint density at radius 2 is 2.10 bits per heavy atom. The summed E-state index contributed by atoms with van der Waals surface area (Å²) in [5.41, 5.74) is 1.36. The van der Waals surface area contributed by atoms with Crippen LogP contribution in [0.15, 0.2) is 30.3 Å². The van der Waals surface area contributed by atoms with Gasteiger partial charge in [0.2, 0.25) is 5.91 Å². The van der Waals surface area contributed by atoms with E-state index in [9.17, 15) is 4.79 Å². The van der Waals surface area contributed by atoms with Gasteiger partial charge >= 0.3 is 0 Å². The standard InChI is InChI=1S/C16H23N3O/c20-16(14-9-17-10-14)18-11-15-7-4-8-19(15)12-13-5-2-1-3-6-13/h1-3,5-6,14-15,17H,4,7-12H2,(H,18,20). The average Bonchev–Trinajstić information content (AvgIpc) is 2.83. The number of hydrogen-bond acceptors (Lipinski definition) is 3. The van der Waals surface area contributed by atoms with Crippen molar-refractivity contribution in [2.24, 2.45) is 5.92 Å². The van der Waals surface area contributed by atoms with Crippen molar-refractivity contribution in [3.63, 3.8) is 0 Å². The molecule has 2 aliphatic heterocycles. The molecule has 0 radical (unpaired) electrons. The Kier molecular flexibility index (Phi) is 4.33. The van der Waals surface area contributed by atoms with Gasteiger partial charge in [0.05, 0.1) is 5.92 Å². The highest BCUT2D eigenvalue weighted by atomic mass is 16.2. The Morgan fingerprint density at radius 1 is 1.30 bits per heavy atom. The summed E-state index contributed by atoms with van der Waals surface area (Å²) >= 11 is 0. The van der Waals surface area contributed by atoms with Gasteiger partial charge in [-0.05, 0) is 24.9 Å². The number of benzene rings is 1. The number of amides is 1. The summed E-state index contributed by atoms with van der Waals surface area (Å²) < 4.78 is 0. The first kappa shape index (κ1) is 13.6. The van der Waals surface area contributed by atoms with E-state index in [1.807, 2.05) is 0 Å². The van der Waals surface area contributed by atoms with Crippen molar-refractivity contribution in [3.05, 3.63) is 35.9 Å². The highest BCUT2D eigenvalue weighted by molar-refractivity contribution is 5.80. The molecule has 2 saturated heterocycles. The Morgan fingerprint density at radius 3 is 2.80 bits per heavy atom. The van der Waals surface area contributed by atoms with Crippen molar-refractivity contribution in [3.8, 4) is 0 Å². The van der Waals surface area contributed by atoms with Crippen LogP contribution < -0.4 is 10.6 Å². The van der Waals surface area contributed by atoms with Crippen LogP contribution in [0, 0.1) is 5.92 Å². The lowest BCUT2D eigenvalue weighted by molar-refractivity contribution is -0.126. The zero-order valence-electron chi connectivity index (χ0n) is 11.8. The van der Waals surface area contributed by atoms with Crippen molar-refractivity contribution in [2.75, 3.05) is 26.2 Å². The number of nitrogens with zero attached hydrogens (tertiary/aromatic N) is 1. The van der Waals surface area contributed by atoms with Crippen LogP contribution in [0.1, 0.15) is 18.4 Å². The quantitative estimate of drug-likeness (QED) is 0.841. The predicted molar refractivity (Wildman–Crippen MR) is 79.2 cm³/mol. The second-order valence-electron chi connectivity index (χ2n) is 5.85. The maximum atomic E-state index is 11.9. The SMILES string of the molecule is O=C(NCC1CCCN1Cc1ccccc1)C1CNC1. The zero-order chi connectivity index (χ0) is 13.8. The summed E-state index contributed by atoms with van der Waals surface area (Å²) in [6.45, 7) is 4.60. The van der Waals surface area contributed by atoms with Gasteiger partial charge < -0.3 is 10.6 Å². The minimum absolute atomic E-state index is 0.193. The Balaban J connectivity index is 1.49. The van der Waals surface area contributed by atoms with Crippen molar-refractivity contribution in [2.45, 2.75) is 25.4 Å². The zero-order valence-corrected chi connectivity index (χ0v) is 11.8. The van der Waals surface area contributed by atoms with Gasteiger partial charge in [0.15, 0.2) is 0 Å². The summed E-state index contributed by atoms with van der Waals surface area (Å²) in [5, 5.41) is 6.26. The van der Waals surface area contributed by atoms with E-state index in [1.54, 1.807) is 0 Å². The van der Waals surface area contributed by atoms with Crippen LogP contribution in [0.4, 0.5) is 0 Å². The first-order valence-corrected chi connectivity index (χ1v) is 7.59. The Labute approximate surface area is 120 Å². The summed E-state index contributed by atoms with van der Waals surface area (Å²) in [6.07, 6.45) is 2.42. The minimum Gasteiger partial charge on any atom is -0.354 e. The fraction of sp³-hybridized carbons (Fsp3) is 0.562. The van der Waals surface area contributed by atoms with Crippen LogP contribution >= 0.6 is 0 Å². The van der Waals surface area contributed by atoms with Gasteiger partial charge in [0.1, 0.15) is 0 Å². The van der Waals surface area contributed by atoms with Gasteiger partial charge in [-0.3, -0.25) is 9.69 Å². The van der Waals surface area contributed by atoms with Gasteiger partial charge in [-0.1, -0.05) is 30.3 Å². The Bertz CT molecular complexity index is 444. The fourth-order valence-electron chi connectivity index (χ4n) is 2.99. The molecular formula is C16H23N3O. The highest BCUT2D eigenvalue weighted by Gasteiger charge is 2.28. The van der Waals surface area contributed by atoms with Gasteiger partial charge in [0, 0.05) is 32.2 Å². The molecule has 108 valence electrons. The van der Waals surface area contributed by atoms with E-state index in [-0.39, 0.29) is 11.8 Å². The monoisotopic (exact) mass is 273 g/mol. The molecule has 0 bridgehead atoms. The molecule has 3 rings (SSSR count). The normalized spacial score (nSPS) is 23.5. The number of nitrogens with one attached hydrogen (secondary N) is 2. The van der Waals surface area contributed by atoms with Gasteiger partial charge in [-0.15, -0.1) is 0 Å². The number of rotatable bonds is 5. The number of hydrogen-bond donors (Lipinski definition) is 2. The van der Waals surface area contributed by atoms with Gasteiger partial charge in [-0.25, -0.2) is 0 Å². The number of carbonyl (C=O) groups excluding carboxylic acids is 1. The van der Waals surface area contributed by atoms with Crippen LogP contribution in [-0.4, -0.2) is 43.0 Å². The average molecular weight is 273 g/mol. The molecule has 1 atom stereocenters. The summed E-state index contributed by atoms with van der Waals surface area (Å²) in [5.74, 6) is 0.411. The highest BCUT2D eigenvalue weighted by Crippen LogP contribution is 2.19. The van der Waals surface area contributed by atoms with Crippen molar-refractivity contribution >= 4 is 5.91 Å². The summed E-state index contributed by atoms with van der Waals surface area (Å²) in [6, 6.07) is 11.1. The second-order valence-corrected chi connectivity index (χ2v) is 5.85. The lowest BCUT2D eigenvalue weighted by Gasteiger charge is -2.28. The maximum Gasteiger partial charge on any atom is 0.225 e. The molecule has 0 spiro atoms. The smallest absolute Gasteiger partial charge is 0.225 e. The number of likely N-dealkylation sites (tertiary alicyclic amines) is 1. The molecule has 0 aromatic heterocycles. The molecule has 1 unspecified atom stereocenters. The van der Waals surface area contributed by atoms with E-state index in [4.69, 9.17) is 0 Å². The van der Waals surface area contributed by atoms with Gasteiger partial charge in [-0.2, -0.15) is 0 Å². The second kappa shape index (κ2) is 6.37. The molecule has 0 saturated carbocycles. The molecule has 20 heavy (non-hydrogen) atoms. The molecule has 1 amide bonds. The first-order chi connectivity index (χ1) is 9.83. The summed E-state index contributed by atoms with van der Waals surface area (Å²) in [7, 11) is 0. The molecule has 1 aromatic rings. The van der Waals surface area contributed by atoms with Crippen LogP contribution in [0.2, 0.25) is 0 Å². The molecule has 1 aromatic carbocycles. The van der Waals surface area contributed by atoms with E-state index in [0.717, 1.165) is 32.7 Å². The van der Waals surface area contributed by atoms with Crippen molar-refractivity contribution in [1.29, 1.82) is 0 Å². The molecule has 4 heteroatoms. The van der Waals surface area contributed by atoms with E-state index in [0.29, 0.717) is 6.04 Å². The van der Waals surface area contributed by atoms with Crippen LogP contribution in [0.3, 0.4) is 0 Å². The summed E-state index contributed by atoms with van der Waals surface area (Å²) in [4.78, 5) is 14.4. The minimum atomic E-state index is 0.193. The molecular weight excluding hydrogens is 250 g/mol. The van der Waals surface area contributed by atoms with Crippen molar-refractivity contribution in [1.82, 2.24) is 15.5 Å². The van der Waals surface area contributed by atoms with Crippen LogP contribution in [-0.2, 0) is 11.3 Å². The fourth-order valence-corrected chi connectivity index (χ4v) is 2.99. The van der Waals surface area contributed by atoms with E-state index in [2.05, 4.69) is 45.9 Å². The van der Waals surface area contributed by atoms with E-state index >= 15 is 0 Å². The van der Waals surface area contributed by atoms with Crippen LogP contribution in [0.25, 0.3) is 0 Å². The van der Waals surface area contributed by atoms with E-state index in [1.165, 1.54) is 18.4 Å². The molecule has 0 aliphatic carbocycles. The van der Waals surface area contributed by atoms with Crippen LogP contribution in [0.5, 0.6) is 0 Å². The largest absolute Gasteiger partial charge is 0.354 e.